The van der Waals surface area contributed by atoms with Crippen LogP contribution in [-0.2, 0) is 4.74 Å². The molecule has 2 nitrogen and oxygen atoms in total. The highest BCUT2D eigenvalue weighted by Crippen LogP contribution is 2.29. The third kappa shape index (κ3) is 4.84. The second-order valence-corrected chi connectivity index (χ2v) is 6.08. The van der Waals surface area contributed by atoms with Gasteiger partial charge in [-0.2, -0.15) is 0 Å². The fraction of sp³-hybridized carbons (Fsp3) is 1.00. The lowest BCUT2D eigenvalue weighted by atomic mass is 9.87. The Labute approximate surface area is 101 Å². The number of hydrogen-bond donors (Lipinski definition) is 1. The van der Waals surface area contributed by atoms with E-state index in [9.17, 15) is 0 Å². The Bertz CT molecular complexity index is 203. The van der Waals surface area contributed by atoms with Crippen LogP contribution in [0.15, 0.2) is 0 Å². The molecular formula is C14H29NO. The van der Waals surface area contributed by atoms with Gasteiger partial charge in [-0.15, -0.1) is 0 Å². The maximum atomic E-state index is 6.31. The number of nitrogens with two attached hydrogens (primary N) is 1. The first kappa shape index (κ1) is 14.0. The molecule has 0 amide bonds. The third-order valence-electron chi connectivity index (χ3n) is 4.15. The van der Waals surface area contributed by atoms with Crippen molar-refractivity contribution in [3.05, 3.63) is 0 Å². The Hall–Kier alpha value is -0.0800. The molecule has 1 aliphatic rings. The molecule has 16 heavy (non-hydrogen) atoms. The van der Waals surface area contributed by atoms with E-state index in [1.165, 1.54) is 44.9 Å². The van der Waals surface area contributed by atoms with E-state index in [0.717, 1.165) is 12.8 Å². The molecule has 96 valence electrons. The van der Waals surface area contributed by atoms with Crippen LogP contribution in [0.25, 0.3) is 0 Å². The molecule has 0 aromatic heterocycles. The van der Waals surface area contributed by atoms with Gasteiger partial charge in [-0.1, -0.05) is 25.7 Å². The summed E-state index contributed by atoms with van der Waals surface area (Å²) >= 11 is 0. The fourth-order valence-electron chi connectivity index (χ4n) is 2.70. The van der Waals surface area contributed by atoms with E-state index in [2.05, 4.69) is 13.8 Å². The van der Waals surface area contributed by atoms with Gasteiger partial charge < -0.3 is 10.5 Å². The van der Waals surface area contributed by atoms with Crippen molar-refractivity contribution in [2.45, 2.75) is 82.8 Å². The molecule has 0 aromatic rings. The van der Waals surface area contributed by atoms with Crippen molar-refractivity contribution >= 4 is 0 Å². The molecule has 2 heteroatoms. The average Bonchev–Trinajstić information content (AvgIpc) is 2.24. The van der Waals surface area contributed by atoms with Crippen molar-refractivity contribution < 1.29 is 4.74 Å². The van der Waals surface area contributed by atoms with E-state index in [1.807, 2.05) is 7.11 Å². The molecule has 2 unspecified atom stereocenters. The van der Waals surface area contributed by atoms with Crippen molar-refractivity contribution in [3.8, 4) is 0 Å². The van der Waals surface area contributed by atoms with Crippen LogP contribution < -0.4 is 5.73 Å². The Morgan fingerprint density at radius 2 is 1.31 bits per heavy atom. The van der Waals surface area contributed by atoms with E-state index < -0.39 is 0 Å². The van der Waals surface area contributed by atoms with Gasteiger partial charge >= 0.3 is 0 Å². The van der Waals surface area contributed by atoms with Crippen LogP contribution >= 0.6 is 0 Å². The van der Waals surface area contributed by atoms with Gasteiger partial charge in [0.05, 0.1) is 5.60 Å². The second kappa shape index (κ2) is 6.02. The second-order valence-electron chi connectivity index (χ2n) is 6.08. The number of methoxy groups -OCH3 is 1. The molecular weight excluding hydrogens is 198 g/mol. The zero-order valence-electron chi connectivity index (χ0n) is 11.3. The summed E-state index contributed by atoms with van der Waals surface area (Å²) in [7, 11) is 1.85. The molecule has 0 bridgehead atoms. The Balaban J connectivity index is 2.52. The van der Waals surface area contributed by atoms with Crippen LogP contribution in [0.3, 0.4) is 0 Å². The summed E-state index contributed by atoms with van der Waals surface area (Å²) in [5, 5.41) is 0. The third-order valence-corrected chi connectivity index (χ3v) is 4.15. The summed E-state index contributed by atoms with van der Waals surface area (Å²) in [5.74, 6) is 0. The summed E-state index contributed by atoms with van der Waals surface area (Å²) in [5.41, 5.74) is 6.43. The standard InChI is InChI=1S/C14H29NO/c1-13(15)9-6-4-5-7-11-14(2,16-3)12-8-10-13/h4-12,15H2,1-3H3. The zero-order valence-corrected chi connectivity index (χ0v) is 11.3. The highest BCUT2D eigenvalue weighted by Gasteiger charge is 2.25. The number of rotatable bonds is 1. The molecule has 0 aromatic carbocycles. The first-order valence-corrected chi connectivity index (χ1v) is 6.82. The molecule has 0 heterocycles. The Kier molecular flexibility index (Phi) is 5.26. The summed E-state index contributed by atoms with van der Waals surface area (Å²) in [6, 6.07) is 0. The lowest BCUT2D eigenvalue weighted by Crippen LogP contribution is -2.36. The van der Waals surface area contributed by atoms with E-state index in [-0.39, 0.29) is 11.1 Å². The molecule has 0 aliphatic heterocycles. The minimum Gasteiger partial charge on any atom is -0.379 e. The topological polar surface area (TPSA) is 35.2 Å². The Morgan fingerprint density at radius 3 is 1.94 bits per heavy atom. The van der Waals surface area contributed by atoms with Gasteiger partial charge in [0.15, 0.2) is 0 Å². The number of ether oxygens (including phenoxy) is 1. The van der Waals surface area contributed by atoms with Gasteiger partial charge in [0.2, 0.25) is 0 Å². The SMILES string of the molecule is COC1(C)CCCCCCC(C)(N)CCC1. The lowest BCUT2D eigenvalue weighted by Gasteiger charge is -2.30. The maximum Gasteiger partial charge on any atom is 0.0650 e. The zero-order chi connectivity index (χ0) is 12.1. The predicted molar refractivity (Wildman–Crippen MR) is 69.6 cm³/mol. The summed E-state index contributed by atoms with van der Waals surface area (Å²) < 4.78 is 5.68. The first-order valence-electron chi connectivity index (χ1n) is 6.82. The van der Waals surface area contributed by atoms with E-state index in [4.69, 9.17) is 10.5 Å². The Morgan fingerprint density at radius 1 is 0.812 bits per heavy atom. The van der Waals surface area contributed by atoms with Crippen molar-refractivity contribution in [3.63, 3.8) is 0 Å². The normalized spacial score (nSPS) is 39.0. The van der Waals surface area contributed by atoms with E-state index in [0.29, 0.717) is 0 Å². The van der Waals surface area contributed by atoms with Crippen LogP contribution in [0.2, 0.25) is 0 Å². The minimum absolute atomic E-state index is 0.0407. The van der Waals surface area contributed by atoms with Gasteiger partial charge in [-0.05, 0) is 46.0 Å². The van der Waals surface area contributed by atoms with Crippen molar-refractivity contribution in [2.75, 3.05) is 7.11 Å². The molecule has 1 saturated carbocycles. The van der Waals surface area contributed by atoms with Crippen molar-refractivity contribution in [2.24, 2.45) is 5.73 Å². The fourth-order valence-corrected chi connectivity index (χ4v) is 2.70. The largest absolute Gasteiger partial charge is 0.379 e. The first-order chi connectivity index (χ1) is 7.47. The highest BCUT2D eigenvalue weighted by molar-refractivity contribution is 4.82. The van der Waals surface area contributed by atoms with Gasteiger partial charge in [-0.25, -0.2) is 0 Å². The van der Waals surface area contributed by atoms with Crippen molar-refractivity contribution in [1.82, 2.24) is 0 Å². The van der Waals surface area contributed by atoms with Gasteiger partial charge in [-0.3, -0.25) is 0 Å². The molecule has 1 aliphatic carbocycles. The maximum absolute atomic E-state index is 6.31. The predicted octanol–water partition coefficient (Wildman–Crippen LogP) is 3.63. The van der Waals surface area contributed by atoms with Crippen LogP contribution in [0.1, 0.15) is 71.6 Å². The molecule has 0 spiro atoms. The molecule has 0 saturated heterocycles. The average molecular weight is 227 g/mol. The van der Waals surface area contributed by atoms with E-state index >= 15 is 0 Å². The highest BCUT2D eigenvalue weighted by atomic mass is 16.5. The molecule has 2 N–H and O–H groups in total. The monoisotopic (exact) mass is 227 g/mol. The molecule has 0 radical (unpaired) electrons. The molecule has 2 atom stereocenters. The van der Waals surface area contributed by atoms with Crippen LogP contribution in [0.5, 0.6) is 0 Å². The smallest absolute Gasteiger partial charge is 0.0650 e. The van der Waals surface area contributed by atoms with Gasteiger partial charge in [0.1, 0.15) is 0 Å². The van der Waals surface area contributed by atoms with Gasteiger partial charge in [0.25, 0.3) is 0 Å². The van der Waals surface area contributed by atoms with Gasteiger partial charge in [0, 0.05) is 12.6 Å². The van der Waals surface area contributed by atoms with Crippen LogP contribution in [-0.4, -0.2) is 18.2 Å². The minimum atomic E-state index is 0.0407. The molecule has 1 rings (SSSR count). The summed E-state index contributed by atoms with van der Waals surface area (Å²) in [6.07, 6.45) is 11.1. The molecule has 1 fully saturated rings. The lowest BCUT2D eigenvalue weighted by molar-refractivity contribution is -0.0124. The van der Waals surface area contributed by atoms with E-state index in [1.54, 1.807) is 0 Å². The van der Waals surface area contributed by atoms with Crippen LogP contribution in [0.4, 0.5) is 0 Å². The summed E-state index contributed by atoms with van der Waals surface area (Å²) in [6.45, 7) is 4.45. The summed E-state index contributed by atoms with van der Waals surface area (Å²) in [4.78, 5) is 0. The van der Waals surface area contributed by atoms with Crippen molar-refractivity contribution in [1.29, 1.82) is 0 Å². The quantitative estimate of drug-likeness (QED) is 0.742. The number of hydrogen-bond acceptors (Lipinski definition) is 2. The van der Waals surface area contributed by atoms with Crippen LogP contribution in [0, 0.1) is 0 Å².